The van der Waals surface area contributed by atoms with E-state index in [9.17, 15) is 0 Å². The number of hydrogen-bond donors (Lipinski definition) is 1. The van der Waals surface area contributed by atoms with Gasteiger partial charge in [-0.1, -0.05) is 11.2 Å². The first kappa shape index (κ1) is 14.2. The molecule has 0 aromatic carbocycles. The molecule has 0 saturated heterocycles. The van der Waals surface area contributed by atoms with E-state index >= 15 is 0 Å². The number of likely N-dealkylation sites (N-methyl/N-ethyl adjacent to an activating group) is 2. The van der Waals surface area contributed by atoms with Crippen molar-refractivity contribution in [1.82, 2.24) is 20.4 Å². The smallest absolute Gasteiger partial charge is 0.227 e. The van der Waals surface area contributed by atoms with Gasteiger partial charge >= 0.3 is 0 Å². The van der Waals surface area contributed by atoms with Crippen molar-refractivity contribution in [3.8, 4) is 10.7 Å². The average Bonchev–Trinajstić information content (AvgIpc) is 3.06. The van der Waals surface area contributed by atoms with Gasteiger partial charge in [0, 0.05) is 19.5 Å². The van der Waals surface area contributed by atoms with E-state index < -0.39 is 0 Å². The quantitative estimate of drug-likeness (QED) is 0.800. The Labute approximate surface area is 117 Å². The predicted molar refractivity (Wildman–Crippen MR) is 77.4 cm³/mol. The van der Waals surface area contributed by atoms with Crippen molar-refractivity contribution in [2.24, 2.45) is 0 Å². The van der Waals surface area contributed by atoms with Gasteiger partial charge in [-0.25, -0.2) is 0 Å². The molecule has 0 aliphatic heterocycles. The minimum absolute atomic E-state index is 0.702. The van der Waals surface area contributed by atoms with Crippen molar-refractivity contribution in [2.45, 2.75) is 12.8 Å². The highest BCUT2D eigenvalue weighted by Gasteiger charge is 2.09. The lowest BCUT2D eigenvalue weighted by atomic mass is 10.3. The molecule has 2 aromatic heterocycles. The molecule has 104 valence electrons. The summed E-state index contributed by atoms with van der Waals surface area (Å²) in [4.78, 5) is 7.77. The molecular formula is C13H20N4OS. The summed E-state index contributed by atoms with van der Waals surface area (Å²) in [5, 5.41) is 9.17. The maximum Gasteiger partial charge on any atom is 0.227 e. The number of aromatic nitrogens is 2. The zero-order valence-electron chi connectivity index (χ0n) is 11.4. The number of aryl methyl sites for hydroxylation is 1. The van der Waals surface area contributed by atoms with E-state index in [0.29, 0.717) is 5.82 Å². The molecule has 2 heterocycles. The summed E-state index contributed by atoms with van der Waals surface area (Å²) in [6.07, 6.45) is 1.87. The Morgan fingerprint density at radius 1 is 1.42 bits per heavy atom. The van der Waals surface area contributed by atoms with E-state index in [0.717, 1.165) is 43.2 Å². The molecule has 0 fully saturated rings. The molecule has 6 heteroatoms. The summed E-state index contributed by atoms with van der Waals surface area (Å²) < 4.78 is 5.27. The second kappa shape index (κ2) is 7.37. The lowest BCUT2D eigenvalue weighted by Gasteiger charge is -2.15. The monoisotopic (exact) mass is 280 g/mol. The minimum atomic E-state index is 0.702. The van der Waals surface area contributed by atoms with E-state index in [1.807, 2.05) is 24.6 Å². The van der Waals surface area contributed by atoms with Gasteiger partial charge in [-0.3, -0.25) is 0 Å². The first-order valence-corrected chi connectivity index (χ1v) is 7.37. The number of rotatable bonds is 8. The van der Waals surface area contributed by atoms with Crippen molar-refractivity contribution in [1.29, 1.82) is 0 Å². The molecule has 0 bridgehead atoms. The van der Waals surface area contributed by atoms with E-state index in [2.05, 4.69) is 27.4 Å². The molecule has 0 unspecified atom stereocenters. The van der Waals surface area contributed by atoms with Crippen molar-refractivity contribution in [2.75, 3.05) is 33.7 Å². The molecule has 19 heavy (non-hydrogen) atoms. The standard InChI is InChI=1S/C13H20N4OS/c1-14-7-9-17(2)8-3-6-12-15-13(16-18-12)11-5-4-10-19-11/h4-5,10,14H,3,6-9H2,1-2H3. The first-order valence-electron chi connectivity index (χ1n) is 6.49. The summed E-state index contributed by atoms with van der Waals surface area (Å²) >= 11 is 1.63. The van der Waals surface area contributed by atoms with Gasteiger partial charge < -0.3 is 14.7 Å². The van der Waals surface area contributed by atoms with Crippen molar-refractivity contribution >= 4 is 11.3 Å². The van der Waals surface area contributed by atoms with Crippen LogP contribution in [0, 0.1) is 0 Å². The molecule has 0 saturated carbocycles. The zero-order chi connectivity index (χ0) is 13.5. The molecule has 2 aromatic rings. The Morgan fingerprint density at radius 3 is 3.05 bits per heavy atom. The number of thiophene rings is 1. The van der Waals surface area contributed by atoms with Crippen LogP contribution >= 0.6 is 11.3 Å². The molecule has 2 rings (SSSR count). The Bertz CT molecular complexity index is 469. The SMILES string of the molecule is CNCCN(C)CCCc1nc(-c2cccs2)no1. The normalized spacial score (nSPS) is 11.3. The lowest BCUT2D eigenvalue weighted by molar-refractivity contribution is 0.317. The summed E-state index contributed by atoms with van der Waals surface area (Å²) in [6.45, 7) is 3.11. The number of nitrogens with one attached hydrogen (secondary N) is 1. The third kappa shape index (κ3) is 4.41. The van der Waals surface area contributed by atoms with Crippen molar-refractivity contribution in [3.63, 3.8) is 0 Å². The van der Waals surface area contributed by atoms with Crippen LogP contribution in [0.2, 0.25) is 0 Å². The third-order valence-corrected chi connectivity index (χ3v) is 3.75. The molecule has 0 atom stereocenters. The molecular weight excluding hydrogens is 260 g/mol. The van der Waals surface area contributed by atoms with E-state index in [4.69, 9.17) is 4.52 Å². The van der Waals surface area contributed by atoms with Crippen LogP contribution in [0.1, 0.15) is 12.3 Å². The second-order valence-corrected chi connectivity index (χ2v) is 5.45. The van der Waals surface area contributed by atoms with Crippen molar-refractivity contribution < 1.29 is 4.52 Å². The van der Waals surface area contributed by atoms with Crippen LogP contribution in [-0.4, -0.2) is 48.8 Å². The minimum Gasteiger partial charge on any atom is -0.339 e. The Balaban J connectivity index is 1.75. The molecule has 0 aliphatic carbocycles. The van der Waals surface area contributed by atoms with E-state index in [1.165, 1.54) is 0 Å². The van der Waals surface area contributed by atoms with Crippen LogP contribution in [0.5, 0.6) is 0 Å². The van der Waals surface area contributed by atoms with Gasteiger partial charge in [0.1, 0.15) is 0 Å². The fourth-order valence-electron chi connectivity index (χ4n) is 1.78. The van der Waals surface area contributed by atoms with Gasteiger partial charge in [0.2, 0.25) is 11.7 Å². The van der Waals surface area contributed by atoms with E-state index in [-0.39, 0.29) is 0 Å². The van der Waals surface area contributed by atoms with Crippen LogP contribution in [0.3, 0.4) is 0 Å². The summed E-state index contributed by atoms with van der Waals surface area (Å²) in [5.41, 5.74) is 0. The molecule has 0 amide bonds. The highest BCUT2D eigenvalue weighted by Crippen LogP contribution is 2.21. The van der Waals surface area contributed by atoms with Crippen LogP contribution in [0.4, 0.5) is 0 Å². The molecule has 0 aliphatic rings. The molecule has 0 spiro atoms. The predicted octanol–water partition coefficient (Wildman–Crippen LogP) is 1.88. The maximum absolute atomic E-state index is 5.27. The zero-order valence-corrected chi connectivity index (χ0v) is 12.2. The Hall–Kier alpha value is -1.24. The summed E-state index contributed by atoms with van der Waals surface area (Å²) in [5.74, 6) is 1.43. The first-order chi connectivity index (χ1) is 9.29. The van der Waals surface area contributed by atoms with Crippen LogP contribution in [0.15, 0.2) is 22.0 Å². The molecule has 5 nitrogen and oxygen atoms in total. The topological polar surface area (TPSA) is 54.2 Å². The van der Waals surface area contributed by atoms with Gasteiger partial charge in [-0.2, -0.15) is 4.98 Å². The van der Waals surface area contributed by atoms with Crippen molar-refractivity contribution in [3.05, 3.63) is 23.4 Å². The van der Waals surface area contributed by atoms with Crippen LogP contribution in [0.25, 0.3) is 10.7 Å². The molecule has 1 N–H and O–H groups in total. The van der Waals surface area contributed by atoms with Gasteiger partial charge in [0.05, 0.1) is 4.88 Å². The molecule has 0 radical (unpaired) electrons. The fraction of sp³-hybridized carbons (Fsp3) is 0.538. The highest BCUT2D eigenvalue weighted by molar-refractivity contribution is 7.13. The largest absolute Gasteiger partial charge is 0.339 e. The lowest BCUT2D eigenvalue weighted by Crippen LogP contribution is -2.28. The second-order valence-electron chi connectivity index (χ2n) is 4.50. The van der Waals surface area contributed by atoms with Crippen LogP contribution in [-0.2, 0) is 6.42 Å². The maximum atomic E-state index is 5.27. The number of nitrogens with zero attached hydrogens (tertiary/aromatic N) is 3. The van der Waals surface area contributed by atoms with Gasteiger partial charge in [0.25, 0.3) is 0 Å². The van der Waals surface area contributed by atoms with Gasteiger partial charge in [-0.05, 0) is 38.5 Å². The third-order valence-electron chi connectivity index (χ3n) is 2.88. The van der Waals surface area contributed by atoms with E-state index in [1.54, 1.807) is 11.3 Å². The summed E-state index contributed by atoms with van der Waals surface area (Å²) in [7, 11) is 4.10. The fourth-order valence-corrected chi connectivity index (χ4v) is 2.43. The summed E-state index contributed by atoms with van der Waals surface area (Å²) in [6, 6.07) is 4.00. The van der Waals surface area contributed by atoms with Gasteiger partial charge in [0.15, 0.2) is 0 Å². The van der Waals surface area contributed by atoms with Gasteiger partial charge in [-0.15, -0.1) is 11.3 Å². The average molecular weight is 280 g/mol. The Morgan fingerprint density at radius 2 is 2.32 bits per heavy atom. The number of hydrogen-bond acceptors (Lipinski definition) is 6. The Kier molecular flexibility index (Phi) is 5.50. The highest BCUT2D eigenvalue weighted by atomic mass is 32.1. The van der Waals surface area contributed by atoms with Crippen LogP contribution < -0.4 is 5.32 Å².